The molecule has 1 aromatic rings. The number of carbonyl (C=O) groups is 1. The molecule has 1 heterocycles. The Morgan fingerprint density at radius 3 is 2.58 bits per heavy atom. The summed E-state index contributed by atoms with van der Waals surface area (Å²) in [4.78, 5) is 19.7. The van der Waals surface area contributed by atoms with Gasteiger partial charge in [-0.2, -0.15) is 9.97 Å². The van der Waals surface area contributed by atoms with Crippen LogP contribution in [0, 0.1) is 0 Å². The maximum atomic E-state index is 11.8. The molecule has 0 fully saturated rings. The summed E-state index contributed by atoms with van der Waals surface area (Å²) in [5.74, 6) is 0.0245. The Kier molecular flexibility index (Phi) is 4.94. The lowest BCUT2D eigenvalue weighted by atomic mass is 10.2. The average Bonchev–Trinajstić information content (AvgIpc) is 2.25. The van der Waals surface area contributed by atoms with Crippen LogP contribution >= 0.6 is 11.6 Å². The molecule has 0 aliphatic heterocycles. The fourth-order valence-electron chi connectivity index (χ4n) is 1.23. The van der Waals surface area contributed by atoms with Crippen molar-refractivity contribution < 1.29 is 14.3 Å². The molecule has 7 heteroatoms. The van der Waals surface area contributed by atoms with Gasteiger partial charge in [0.2, 0.25) is 0 Å². The number of methoxy groups -OCH3 is 1. The Morgan fingerprint density at radius 1 is 1.42 bits per heavy atom. The van der Waals surface area contributed by atoms with E-state index in [1.54, 1.807) is 6.92 Å². The van der Waals surface area contributed by atoms with E-state index in [1.165, 1.54) is 13.2 Å². The molecule has 0 spiro atoms. The molecule has 0 aliphatic carbocycles. The van der Waals surface area contributed by atoms with Gasteiger partial charge in [-0.25, -0.2) is 4.79 Å². The Bertz CT molecular complexity index is 460. The molecule has 1 rings (SSSR count). The number of halogens is 1. The van der Waals surface area contributed by atoms with Crippen LogP contribution in [0.15, 0.2) is 6.07 Å². The van der Waals surface area contributed by atoms with E-state index in [1.807, 2.05) is 20.8 Å². The van der Waals surface area contributed by atoms with Crippen molar-refractivity contribution in [1.82, 2.24) is 9.97 Å². The van der Waals surface area contributed by atoms with Gasteiger partial charge in [-0.1, -0.05) is 11.6 Å². The highest BCUT2D eigenvalue weighted by molar-refractivity contribution is 6.29. The minimum absolute atomic E-state index is 0.131. The summed E-state index contributed by atoms with van der Waals surface area (Å²) >= 11 is 5.81. The standard InChI is InChI=1S/C12H18ClN3O3/c1-7(10(17)19-12(2,3)4)14-9-6-8(13)15-11(16-9)18-5/h6-7H,1-5H3,(H,14,15,16)/t7-/m0/s1. The molecule has 1 aromatic heterocycles. The summed E-state index contributed by atoms with van der Waals surface area (Å²) in [6, 6.07) is 1.08. The maximum Gasteiger partial charge on any atom is 0.328 e. The Morgan fingerprint density at radius 2 is 2.05 bits per heavy atom. The topological polar surface area (TPSA) is 73.3 Å². The zero-order chi connectivity index (χ0) is 14.6. The van der Waals surface area contributed by atoms with Crippen molar-refractivity contribution in [3.05, 3.63) is 11.2 Å². The van der Waals surface area contributed by atoms with Gasteiger partial charge in [0, 0.05) is 6.07 Å². The van der Waals surface area contributed by atoms with Crippen molar-refractivity contribution in [3.63, 3.8) is 0 Å². The van der Waals surface area contributed by atoms with E-state index in [9.17, 15) is 4.79 Å². The fraction of sp³-hybridized carbons (Fsp3) is 0.583. The van der Waals surface area contributed by atoms with Crippen LogP contribution in [0.1, 0.15) is 27.7 Å². The van der Waals surface area contributed by atoms with Crippen LogP contribution in [-0.4, -0.2) is 34.7 Å². The van der Waals surface area contributed by atoms with Crippen molar-refractivity contribution in [3.8, 4) is 6.01 Å². The number of rotatable bonds is 4. The predicted octanol–water partition coefficient (Wildman–Crippen LogP) is 2.28. The minimum atomic E-state index is -0.560. The molecule has 0 aliphatic rings. The molecular weight excluding hydrogens is 270 g/mol. The molecule has 106 valence electrons. The van der Waals surface area contributed by atoms with Crippen LogP contribution in [0.25, 0.3) is 0 Å². The molecule has 1 N–H and O–H groups in total. The molecule has 0 saturated carbocycles. The highest BCUT2D eigenvalue weighted by Gasteiger charge is 2.22. The number of carbonyl (C=O) groups excluding carboxylic acids is 1. The molecule has 19 heavy (non-hydrogen) atoms. The van der Waals surface area contributed by atoms with Gasteiger partial charge in [0.05, 0.1) is 7.11 Å². The first kappa shape index (κ1) is 15.5. The lowest BCUT2D eigenvalue weighted by Crippen LogP contribution is -2.34. The van der Waals surface area contributed by atoms with E-state index in [4.69, 9.17) is 21.1 Å². The number of ether oxygens (including phenoxy) is 2. The van der Waals surface area contributed by atoms with Gasteiger partial charge in [0.25, 0.3) is 0 Å². The average molecular weight is 288 g/mol. The fourth-order valence-corrected chi connectivity index (χ4v) is 1.41. The summed E-state index contributed by atoms with van der Waals surface area (Å²) in [6.07, 6.45) is 0. The maximum absolute atomic E-state index is 11.8. The zero-order valence-electron chi connectivity index (χ0n) is 11.7. The number of hydrogen-bond acceptors (Lipinski definition) is 6. The number of aromatic nitrogens is 2. The second kappa shape index (κ2) is 6.06. The zero-order valence-corrected chi connectivity index (χ0v) is 12.4. The van der Waals surface area contributed by atoms with Crippen molar-refractivity contribution >= 4 is 23.4 Å². The molecule has 0 bridgehead atoms. The largest absolute Gasteiger partial charge is 0.467 e. The Balaban J connectivity index is 2.74. The van der Waals surface area contributed by atoms with Crippen LogP contribution in [0.2, 0.25) is 5.15 Å². The number of nitrogens with zero attached hydrogens (tertiary/aromatic N) is 2. The van der Waals surface area contributed by atoms with Crippen LogP contribution in [0.5, 0.6) is 6.01 Å². The second-order valence-electron chi connectivity index (χ2n) is 4.96. The van der Waals surface area contributed by atoms with Crippen molar-refractivity contribution in [2.24, 2.45) is 0 Å². The van der Waals surface area contributed by atoms with Gasteiger partial charge < -0.3 is 14.8 Å². The molecule has 1 atom stereocenters. The van der Waals surface area contributed by atoms with E-state index in [-0.39, 0.29) is 17.1 Å². The van der Waals surface area contributed by atoms with E-state index in [0.717, 1.165) is 0 Å². The third-order valence-corrected chi connectivity index (χ3v) is 2.18. The number of hydrogen-bond donors (Lipinski definition) is 1. The summed E-state index contributed by atoms with van der Waals surface area (Å²) in [6.45, 7) is 7.10. The van der Waals surface area contributed by atoms with Crippen LogP contribution in [0.3, 0.4) is 0 Å². The number of nitrogens with one attached hydrogen (secondary N) is 1. The normalized spacial score (nSPS) is 12.7. The second-order valence-corrected chi connectivity index (χ2v) is 5.35. The smallest absolute Gasteiger partial charge is 0.328 e. The molecule has 6 nitrogen and oxygen atoms in total. The highest BCUT2D eigenvalue weighted by atomic mass is 35.5. The van der Waals surface area contributed by atoms with Gasteiger partial charge in [-0.3, -0.25) is 0 Å². The lowest BCUT2D eigenvalue weighted by molar-refractivity contribution is -0.155. The first-order valence-corrected chi connectivity index (χ1v) is 6.17. The third kappa shape index (κ3) is 5.30. The van der Waals surface area contributed by atoms with E-state index >= 15 is 0 Å². The van der Waals surface area contributed by atoms with Gasteiger partial charge in [0.15, 0.2) is 0 Å². The molecule has 0 saturated heterocycles. The first-order chi connectivity index (χ1) is 8.71. The van der Waals surface area contributed by atoms with E-state index in [2.05, 4.69) is 15.3 Å². The quantitative estimate of drug-likeness (QED) is 0.676. The summed E-state index contributed by atoms with van der Waals surface area (Å²) in [5, 5.41) is 3.12. The Hall–Kier alpha value is -1.56. The van der Waals surface area contributed by atoms with Gasteiger partial charge in [0.1, 0.15) is 22.6 Å². The van der Waals surface area contributed by atoms with Crippen LogP contribution in [-0.2, 0) is 9.53 Å². The van der Waals surface area contributed by atoms with Crippen molar-refractivity contribution in [1.29, 1.82) is 0 Å². The molecule has 0 aromatic carbocycles. The van der Waals surface area contributed by atoms with Crippen molar-refractivity contribution in [2.75, 3.05) is 12.4 Å². The van der Waals surface area contributed by atoms with Crippen LogP contribution in [0.4, 0.5) is 5.82 Å². The Labute approximate surface area is 117 Å². The van der Waals surface area contributed by atoms with Crippen LogP contribution < -0.4 is 10.1 Å². The number of anilines is 1. The molecule has 0 amide bonds. The summed E-state index contributed by atoms with van der Waals surface area (Å²) in [7, 11) is 1.44. The molecule has 0 unspecified atom stereocenters. The van der Waals surface area contributed by atoms with E-state index in [0.29, 0.717) is 5.82 Å². The third-order valence-electron chi connectivity index (χ3n) is 1.98. The SMILES string of the molecule is COc1nc(Cl)cc(N[C@@H](C)C(=O)OC(C)(C)C)n1. The molecule has 0 radical (unpaired) electrons. The van der Waals surface area contributed by atoms with Gasteiger partial charge in [-0.15, -0.1) is 0 Å². The predicted molar refractivity (Wildman–Crippen MR) is 72.5 cm³/mol. The molecular formula is C12H18ClN3O3. The highest BCUT2D eigenvalue weighted by Crippen LogP contribution is 2.17. The number of esters is 1. The lowest BCUT2D eigenvalue weighted by Gasteiger charge is -2.22. The monoisotopic (exact) mass is 287 g/mol. The van der Waals surface area contributed by atoms with E-state index < -0.39 is 11.6 Å². The minimum Gasteiger partial charge on any atom is -0.467 e. The van der Waals surface area contributed by atoms with Gasteiger partial charge in [-0.05, 0) is 27.7 Å². The summed E-state index contributed by atoms with van der Waals surface area (Å²) in [5.41, 5.74) is -0.534. The van der Waals surface area contributed by atoms with Crippen molar-refractivity contribution in [2.45, 2.75) is 39.3 Å². The summed E-state index contributed by atoms with van der Waals surface area (Å²) < 4.78 is 10.1. The first-order valence-electron chi connectivity index (χ1n) is 5.79. The van der Waals surface area contributed by atoms with Gasteiger partial charge >= 0.3 is 12.0 Å².